The van der Waals surface area contributed by atoms with E-state index in [1.165, 1.54) is 25.7 Å². The van der Waals surface area contributed by atoms with Crippen LogP contribution in [0.3, 0.4) is 0 Å². The molecule has 7 nitrogen and oxygen atoms in total. The van der Waals surface area contributed by atoms with Crippen LogP contribution < -0.4 is 5.56 Å². The standard InChI is InChI=1S/C19H26N4O3S/c1-2-9-23-17(24)14-16(22-19(23)27-13-5-3-4-6-13)21-15(20-14)11-7-8-12(10-11)18(25)26/h11-13H,2-10H2,1H3,(H,20,21)(H,25,26). The zero-order valence-corrected chi connectivity index (χ0v) is 16.4. The number of hydrogen-bond acceptors (Lipinski definition) is 5. The molecule has 0 bridgehead atoms. The first-order valence-electron chi connectivity index (χ1n) is 9.96. The van der Waals surface area contributed by atoms with Gasteiger partial charge in [0.25, 0.3) is 5.56 Å². The summed E-state index contributed by atoms with van der Waals surface area (Å²) < 4.78 is 1.78. The number of hydrogen-bond donors (Lipinski definition) is 2. The number of thioether (sulfide) groups is 1. The van der Waals surface area contributed by atoms with Crippen LogP contribution in [0.1, 0.15) is 70.0 Å². The molecule has 0 saturated heterocycles. The molecule has 2 aromatic rings. The third kappa shape index (κ3) is 3.63. The summed E-state index contributed by atoms with van der Waals surface area (Å²) in [6.07, 6.45) is 7.73. The number of aliphatic carboxylic acids is 1. The van der Waals surface area contributed by atoms with Gasteiger partial charge in [0.2, 0.25) is 0 Å². The van der Waals surface area contributed by atoms with Gasteiger partial charge in [-0.3, -0.25) is 14.2 Å². The molecule has 2 N–H and O–H groups in total. The predicted molar refractivity (Wildman–Crippen MR) is 104 cm³/mol. The molecule has 2 aromatic heterocycles. The molecule has 2 unspecified atom stereocenters. The molecular formula is C19H26N4O3S. The largest absolute Gasteiger partial charge is 0.481 e. The lowest BCUT2D eigenvalue weighted by Gasteiger charge is -2.13. The first-order valence-corrected chi connectivity index (χ1v) is 10.8. The van der Waals surface area contributed by atoms with Crippen LogP contribution >= 0.6 is 11.8 Å². The van der Waals surface area contributed by atoms with Crippen molar-refractivity contribution in [1.29, 1.82) is 0 Å². The van der Waals surface area contributed by atoms with Crippen LogP contribution in [0, 0.1) is 5.92 Å². The number of carboxylic acid groups (broad SMARTS) is 1. The van der Waals surface area contributed by atoms with E-state index < -0.39 is 5.97 Å². The molecule has 2 saturated carbocycles. The minimum Gasteiger partial charge on any atom is -0.481 e. The molecule has 27 heavy (non-hydrogen) atoms. The fourth-order valence-electron chi connectivity index (χ4n) is 4.30. The van der Waals surface area contributed by atoms with Crippen LogP contribution in [0.4, 0.5) is 0 Å². The van der Waals surface area contributed by atoms with Gasteiger partial charge in [-0.15, -0.1) is 0 Å². The highest BCUT2D eigenvalue weighted by Crippen LogP contribution is 2.38. The number of carboxylic acids is 1. The Kier molecular flexibility index (Phi) is 5.25. The van der Waals surface area contributed by atoms with Crippen LogP contribution in [0.2, 0.25) is 0 Å². The quantitative estimate of drug-likeness (QED) is 0.732. The lowest BCUT2D eigenvalue weighted by molar-refractivity contribution is -0.141. The first kappa shape index (κ1) is 18.5. The van der Waals surface area contributed by atoms with Crippen LogP contribution in [0.5, 0.6) is 0 Å². The molecule has 0 aliphatic heterocycles. The average Bonchev–Trinajstić information content (AvgIpc) is 3.37. The highest BCUT2D eigenvalue weighted by atomic mass is 32.2. The summed E-state index contributed by atoms with van der Waals surface area (Å²) in [6.45, 7) is 2.71. The van der Waals surface area contributed by atoms with E-state index in [1.54, 1.807) is 16.3 Å². The number of H-pyrrole nitrogens is 1. The molecule has 0 spiro atoms. The molecule has 0 radical (unpaired) electrons. The van der Waals surface area contributed by atoms with E-state index in [9.17, 15) is 14.7 Å². The van der Waals surface area contributed by atoms with Crippen molar-refractivity contribution in [2.24, 2.45) is 5.92 Å². The van der Waals surface area contributed by atoms with Crippen LogP contribution in [0.15, 0.2) is 9.95 Å². The highest BCUT2D eigenvalue weighted by Gasteiger charge is 2.33. The van der Waals surface area contributed by atoms with Crippen LogP contribution in [0.25, 0.3) is 11.2 Å². The smallest absolute Gasteiger partial charge is 0.306 e. The molecule has 8 heteroatoms. The zero-order chi connectivity index (χ0) is 19.0. The third-order valence-corrected chi connectivity index (χ3v) is 7.11. The van der Waals surface area contributed by atoms with E-state index in [2.05, 4.69) is 16.9 Å². The van der Waals surface area contributed by atoms with Crippen molar-refractivity contribution in [3.8, 4) is 0 Å². The lowest BCUT2D eigenvalue weighted by Crippen LogP contribution is -2.24. The SMILES string of the molecule is CCCn1c(SC2CCCC2)nc2nc(C3CCC(C(=O)O)C3)[nH]c2c1=O. The van der Waals surface area contributed by atoms with E-state index in [0.717, 1.165) is 18.0 Å². The van der Waals surface area contributed by atoms with Gasteiger partial charge in [-0.05, 0) is 38.5 Å². The topological polar surface area (TPSA) is 101 Å². The number of imidazole rings is 1. The summed E-state index contributed by atoms with van der Waals surface area (Å²) in [6, 6.07) is 0. The van der Waals surface area contributed by atoms with Crippen molar-refractivity contribution in [1.82, 2.24) is 19.5 Å². The van der Waals surface area contributed by atoms with Gasteiger partial charge in [0.15, 0.2) is 16.3 Å². The van der Waals surface area contributed by atoms with Crippen LogP contribution in [-0.4, -0.2) is 35.8 Å². The summed E-state index contributed by atoms with van der Waals surface area (Å²) in [5.74, 6) is -0.289. The maximum Gasteiger partial charge on any atom is 0.306 e. The molecule has 4 rings (SSSR count). The van der Waals surface area contributed by atoms with Gasteiger partial charge >= 0.3 is 5.97 Å². The number of rotatable bonds is 6. The maximum absolute atomic E-state index is 13.1. The van der Waals surface area contributed by atoms with E-state index >= 15 is 0 Å². The molecule has 2 heterocycles. The van der Waals surface area contributed by atoms with Crippen molar-refractivity contribution in [3.63, 3.8) is 0 Å². The Morgan fingerprint density at radius 2 is 2.04 bits per heavy atom. The van der Waals surface area contributed by atoms with Crippen molar-refractivity contribution in [3.05, 3.63) is 16.2 Å². The van der Waals surface area contributed by atoms with Crippen molar-refractivity contribution in [2.75, 3.05) is 0 Å². The van der Waals surface area contributed by atoms with Gasteiger partial charge in [-0.25, -0.2) is 9.97 Å². The molecule has 0 amide bonds. The summed E-state index contributed by atoms with van der Waals surface area (Å²) in [5.41, 5.74) is 0.864. The second-order valence-corrected chi connectivity index (χ2v) is 9.01. The summed E-state index contributed by atoms with van der Waals surface area (Å²) in [5, 5.41) is 10.5. The van der Waals surface area contributed by atoms with Crippen molar-refractivity contribution in [2.45, 2.75) is 81.2 Å². The van der Waals surface area contributed by atoms with Gasteiger partial charge in [0, 0.05) is 17.7 Å². The minimum atomic E-state index is -0.743. The van der Waals surface area contributed by atoms with E-state index in [1.807, 2.05) is 0 Å². The Morgan fingerprint density at radius 1 is 1.26 bits per heavy atom. The van der Waals surface area contributed by atoms with Gasteiger partial charge < -0.3 is 10.1 Å². The summed E-state index contributed by atoms with van der Waals surface area (Å²) >= 11 is 1.71. The number of fused-ring (bicyclic) bond motifs is 1. The summed E-state index contributed by atoms with van der Waals surface area (Å²) in [7, 11) is 0. The van der Waals surface area contributed by atoms with Gasteiger partial charge in [-0.1, -0.05) is 31.5 Å². The molecule has 146 valence electrons. The van der Waals surface area contributed by atoms with Crippen LogP contribution in [-0.2, 0) is 11.3 Å². The number of nitrogens with one attached hydrogen (secondary N) is 1. The van der Waals surface area contributed by atoms with E-state index in [0.29, 0.717) is 41.6 Å². The number of aromatic amines is 1. The molecule has 2 fully saturated rings. The molecular weight excluding hydrogens is 364 g/mol. The normalized spacial score (nSPS) is 23.4. The van der Waals surface area contributed by atoms with Gasteiger partial charge in [0.1, 0.15) is 5.82 Å². The minimum absolute atomic E-state index is 0.0604. The van der Waals surface area contributed by atoms with Gasteiger partial charge in [-0.2, -0.15) is 0 Å². The second-order valence-electron chi connectivity index (χ2n) is 7.74. The van der Waals surface area contributed by atoms with Crippen molar-refractivity contribution < 1.29 is 9.90 Å². The van der Waals surface area contributed by atoms with Gasteiger partial charge in [0.05, 0.1) is 5.92 Å². The fraction of sp³-hybridized carbons (Fsp3) is 0.684. The number of nitrogens with zero attached hydrogens (tertiary/aromatic N) is 3. The monoisotopic (exact) mass is 390 g/mol. The Balaban J connectivity index is 1.68. The lowest BCUT2D eigenvalue weighted by atomic mass is 10.0. The van der Waals surface area contributed by atoms with E-state index in [4.69, 9.17) is 4.98 Å². The Morgan fingerprint density at radius 3 is 2.70 bits per heavy atom. The average molecular weight is 391 g/mol. The highest BCUT2D eigenvalue weighted by molar-refractivity contribution is 7.99. The summed E-state index contributed by atoms with van der Waals surface area (Å²) in [4.78, 5) is 36.8. The molecule has 2 atom stereocenters. The first-order chi connectivity index (χ1) is 13.1. The maximum atomic E-state index is 13.1. The Bertz CT molecular complexity index is 900. The molecule has 2 aliphatic carbocycles. The molecule has 0 aromatic carbocycles. The second kappa shape index (κ2) is 7.66. The van der Waals surface area contributed by atoms with Crippen molar-refractivity contribution >= 4 is 28.9 Å². The Hall–Kier alpha value is -1.83. The number of carbonyl (C=O) groups is 1. The fourth-order valence-corrected chi connectivity index (χ4v) is 5.61. The number of aromatic nitrogens is 4. The third-order valence-electron chi connectivity index (χ3n) is 5.78. The Labute approximate surface area is 162 Å². The molecule has 2 aliphatic rings. The zero-order valence-electron chi connectivity index (χ0n) is 15.6. The van der Waals surface area contributed by atoms with E-state index in [-0.39, 0.29) is 17.4 Å². The predicted octanol–water partition coefficient (Wildman–Crippen LogP) is 3.53.